The molecule has 6 nitrogen and oxygen atoms in total. The van der Waals surface area contributed by atoms with Crippen LogP contribution in [0.4, 0.5) is 8.78 Å². The number of aryl methyl sites for hydroxylation is 1. The van der Waals surface area contributed by atoms with Crippen LogP contribution in [0, 0.1) is 11.6 Å². The van der Waals surface area contributed by atoms with E-state index in [4.69, 9.17) is 4.74 Å². The van der Waals surface area contributed by atoms with Crippen molar-refractivity contribution in [3.8, 4) is 17.1 Å². The van der Waals surface area contributed by atoms with Crippen molar-refractivity contribution in [2.45, 2.75) is 38.3 Å². The Morgan fingerprint density at radius 1 is 1.27 bits per heavy atom. The Bertz CT molecular complexity index is 1060. The number of hydrogen-bond donors (Lipinski definition) is 1. The first-order chi connectivity index (χ1) is 14.5. The number of nitrogens with one attached hydrogen (secondary N) is 1. The molecular formula is C22H22F2N4O2. The van der Waals surface area contributed by atoms with E-state index in [1.54, 1.807) is 19.3 Å². The van der Waals surface area contributed by atoms with Gasteiger partial charge in [-0.2, -0.15) is 5.10 Å². The second-order valence-electron chi connectivity index (χ2n) is 7.36. The summed E-state index contributed by atoms with van der Waals surface area (Å²) in [6.07, 6.45) is 7.62. The largest absolute Gasteiger partial charge is 0.474 e. The minimum atomic E-state index is -0.776. The molecule has 8 heteroatoms. The number of halogens is 2. The van der Waals surface area contributed by atoms with Gasteiger partial charge in [0.15, 0.2) is 0 Å². The van der Waals surface area contributed by atoms with Crippen LogP contribution in [-0.2, 0) is 13.6 Å². The van der Waals surface area contributed by atoms with Gasteiger partial charge in [-0.15, -0.1) is 0 Å². The van der Waals surface area contributed by atoms with Crippen LogP contribution < -0.4 is 10.1 Å². The van der Waals surface area contributed by atoms with Gasteiger partial charge in [0.05, 0.1) is 5.56 Å². The van der Waals surface area contributed by atoms with E-state index in [2.05, 4.69) is 15.4 Å². The Labute approximate surface area is 172 Å². The number of carbonyl (C=O) groups is 1. The second kappa shape index (κ2) is 8.61. The predicted molar refractivity (Wildman–Crippen MR) is 107 cm³/mol. The van der Waals surface area contributed by atoms with E-state index >= 15 is 0 Å². The molecule has 1 aliphatic rings. The van der Waals surface area contributed by atoms with E-state index in [0.29, 0.717) is 5.88 Å². The number of benzene rings is 1. The lowest BCUT2D eigenvalue weighted by Crippen LogP contribution is -2.24. The molecule has 0 bridgehead atoms. The fourth-order valence-electron chi connectivity index (χ4n) is 3.63. The zero-order chi connectivity index (χ0) is 21.1. The number of amides is 1. The van der Waals surface area contributed by atoms with Crippen LogP contribution in [0.15, 0.2) is 42.7 Å². The molecule has 30 heavy (non-hydrogen) atoms. The summed E-state index contributed by atoms with van der Waals surface area (Å²) in [6, 6.07) is 6.82. The zero-order valence-corrected chi connectivity index (χ0v) is 16.6. The van der Waals surface area contributed by atoms with Crippen molar-refractivity contribution in [3.63, 3.8) is 0 Å². The molecule has 2 heterocycles. The highest BCUT2D eigenvalue weighted by Crippen LogP contribution is 2.27. The highest BCUT2D eigenvalue weighted by Gasteiger charge is 2.22. The van der Waals surface area contributed by atoms with Gasteiger partial charge in [0.25, 0.3) is 5.91 Å². The molecule has 0 spiro atoms. The van der Waals surface area contributed by atoms with Crippen LogP contribution in [0.25, 0.3) is 11.3 Å². The van der Waals surface area contributed by atoms with Gasteiger partial charge in [0.1, 0.15) is 23.4 Å². The van der Waals surface area contributed by atoms with Crippen molar-refractivity contribution in [2.24, 2.45) is 7.05 Å². The number of aromatic nitrogens is 3. The smallest absolute Gasteiger partial charge is 0.255 e. The van der Waals surface area contributed by atoms with Crippen LogP contribution in [0.3, 0.4) is 0 Å². The third kappa shape index (κ3) is 4.32. The Hall–Kier alpha value is -3.29. The van der Waals surface area contributed by atoms with Gasteiger partial charge in [-0.05, 0) is 43.9 Å². The molecule has 0 radical (unpaired) electrons. The molecule has 0 saturated heterocycles. The normalized spacial score (nSPS) is 14.1. The first-order valence-electron chi connectivity index (χ1n) is 9.89. The number of ether oxygens (including phenoxy) is 1. The molecule has 2 aromatic heterocycles. The Kier molecular flexibility index (Phi) is 5.74. The minimum absolute atomic E-state index is 0.0637. The van der Waals surface area contributed by atoms with Crippen molar-refractivity contribution < 1.29 is 18.3 Å². The SMILES string of the molecule is Cn1cc(C(=O)NCc2cccnc2OC2CCCC2)c(-c2ccc(F)cc2F)n1. The van der Waals surface area contributed by atoms with Gasteiger partial charge in [-0.1, -0.05) is 6.07 Å². The summed E-state index contributed by atoms with van der Waals surface area (Å²) in [5.41, 5.74) is 1.18. The first-order valence-corrected chi connectivity index (χ1v) is 9.89. The second-order valence-corrected chi connectivity index (χ2v) is 7.36. The topological polar surface area (TPSA) is 69.0 Å². The first kappa shape index (κ1) is 20.0. The van der Waals surface area contributed by atoms with E-state index in [0.717, 1.165) is 43.4 Å². The molecule has 1 saturated carbocycles. The quantitative estimate of drug-likeness (QED) is 0.664. The summed E-state index contributed by atoms with van der Waals surface area (Å²) in [5, 5.41) is 7.02. The molecule has 1 fully saturated rings. The van der Waals surface area contributed by atoms with Crippen LogP contribution in [0.5, 0.6) is 5.88 Å². The maximum atomic E-state index is 14.2. The molecule has 0 unspecified atom stereocenters. The van der Waals surface area contributed by atoms with E-state index < -0.39 is 17.5 Å². The summed E-state index contributed by atoms with van der Waals surface area (Å²) in [4.78, 5) is 17.1. The number of nitrogens with zero attached hydrogens (tertiary/aromatic N) is 3. The number of hydrogen-bond acceptors (Lipinski definition) is 4. The lowest BCUT2D eigenvalue weighted by Gasteiger charge is -2.15. The lowest BCUT2D eigenvalue weighted by atomic mass is 10.1. The molecule has 3 aromatic rings. The third-order valence-corrected chi connectivity index (χ3v) is 5.13. The predicted octanol–water partition coefficient (Wildman–Crippen LogP) is 4.01. The Balaban J connectivity index is 1.52. The summed E-state index contributed by atoms with van der Waals surface area (Å²) in [6.45, 7) is 0.203. The fourth-order valence-corrected chi connectivity index (χ4v) is 3.63. The van der Waals surface area contributed by atoms with Crippen molar-refractivity contribution in [2.75, 3.05) is 0 Å². The van der Waals surface area contributed by atoms with E-state index in [1.165, 1.54) is 16.9 Å². The number of pyridine rings is 1. The van der Waals surface area contributed by atoms with Gasteiger partial charge < -0.3 is 10.1 Å². The highest BCUT2D eigenvalue weighted by molar-refractivity contribution is 5.99. The minimum Gasteiger partial charge on any atom is -0.474 e. The van der Waals surface area contributed by atoms with Gasteiger partial charge in [-0.25, -0.2) is 13.8 Å². The van der Waals surface area contributed by atoms with Gasteiger partial charge >= 0.3 is 0 Å². The maximum Gasteiger partial charge on any atom is 0.255 e. The fraction of sp³-hybridized carbons (Fsp3) is 0.318. The van der Waals surface area contributed by atoms with Gasteiger partial charge in [-0.3, -0.25) is 9.48 Å². The molecule has 1 aliphatic carbocycles. The maximum absolute atomic E-state index is 14.2. The van der Waals surface area contributed by atoms with Crippen LogP contribution in [0.2, 0.25) is 0 Å². The van der Waals surface area contributed by atoms with E-state index in [9.17, 15) is 13.6 Å². The van der Waals surface area contributed by atoms with Crippen molar-refractivity contribution in [1.82, 2.24) is 20.1 Å². The van der Waals surface area contributed by atoms with E-state index in [1.807, 2.05) is 6.07 Å². The molecule has 1 amide bonds. The number of rotatable bonds is 6. The van der Waals surface area contributed by atoms with Crippen LogP contribution in [-0.4, -0.2) is 26.8 Å². The molecular weight excluding hydrogens is 390 g/mol. The summed E-state index contributed by atoms with van der Waals surface area (Å²) in [7, 11) is 1.64. The standard InChI is InChI=1S/C22H22F2N4O2/c1-28-13-18(20(27-28)17-9-8-15(23)11-19(17)24)21(29)26-12-14-5-4-10-25-22(14)30-16-6-2-3-7-16/h4-5,8-11,13,16H,2-3,6-7,12H2,1H3,(H,26,29). The van der Waals surface area contributed by atoms with Gasteiger partial charge in [0, 0.05) is 43.2 Å². The van der Waals surface area contributed by atoms with Crippen molar-refractivity contribution >= 4 is 5.91 Å². The average Bonchev–Trinajstić information content (AvgIpc) is 3.37. The molecule has 0 aliphatic heterocycles. The molecule has 1 aromatic carbocycles. The summed E-state index contributed by atoms with van der Waals surface area (Å²) in [5.74, 6) is -1.37. The molecule has 1 N–H and O–H groups in total. The third-order valence-electron chi connectivity index (χ3n) is 5.13. The molecule has 156 valence electrons. The van der Waals surface area contributed by atoms with E-state index in [-0.39, 0.29) is 29.5 Å². The average molecular weight is 412 g/mol. The summed E-state index contributed by atoms with van der Waals surface area (Å²) < 4.78 is 34.9. The lowest BCUT2D eigenvalue weighted by molar-refractivity contribution is 0.0951. The zero-order valence-electron chi connectivity index (χ0n) is 16.6. The van der Waals surface area contributed by atoms with Crippen molar-refractivity contribution in [1.29, 1.82) is 0 Å². The summed E-state index contributed by atoms with van der Waals surface area (Å²) >= 11 is 0. The van der Waals surface area contributed by atoms with Crippen LogP contribution in [0.1, 0.15) is 41.6 Å². The monoisotopic (exact) mass is 412 g/mol. The molecule has 0 atom stereocenters. The van der Waals surface area contributed by atoms with Crippen molar-refractivity contribution in [3.05, 3.63) is 65.5 Å². The number of carbonyl (C=O) groups excluding carboxylic acids is 1. The van der Waals surface area contributed by atoms with Gasteiger partial charge in [0.2, 0.25) is 5.88 Å². The molecule has 4 rings (SSSR count). The Morgan fingerprint density at radius 2 is 2.07 bits per heavy atom. The Morgan fingerprint density at radius 3 is 2.83 bits per heavy atom. The van der Waals surface area contributed by atoms with Crippen LogP contribution >= 0.6 is 0 Å². The highest BCUT2D eigenvalue weighted by atomic mass is 19.1.